The molecule has 0 bridgehead atoms. The van der Waals surface area contributed by atoms with E-state index >= 15 is 0 Å². The number of carboxylic acids is 1. The van der Waals surface area contributed by atoms with Crippen molar-refractivity contribution in [2.24, 2.45) is 5.92 Å². The van der Waals surface area contributed by atoms with Crippen molar-refractivity contribution in [1.29, 1.82) is 0 Å². The normalized spacial score (nSPS) is 28.8. The molecule has 102 valence electrons. The Morgan fingerprint density at radius 1 is 1.53 bits per heavy atom. The number of aliphatic carboxylic acids is 1. The van der Waals surface area contributed by atoms with E-state index in [0.29, 0.717) is 0 Å². The highest BCUT2D eigenvalue weighted by Crippen LogP contribution is 2.46. The summed E-state index contributed by atoms with van der Waals surface area (Å²) < 4.78 is 5.36. The molecular formula is C14H17NO3S. The number of carboxylic acid groups (broad SMARTS) is 1. The van der Waals surface area contributed by atoms with Gasteiger partial charge in [0.2, 0.25) is 0 Å². The van der Waals surface area contributed by atoms with Crippen molar-refractivity contribution in [2.75, 3.05) is 23.9 Å². The maximum absolute atomic E-state index is 11.7. The fourth-order valence-electron chi connectivity index (χ4n) is 3.13. The van der Waals surface area contributed by atoms with Crippen LogP contribution in [0.4, 0.5) is 5.69 Å². The molecule has 2 aliphatic heterocycles. The van der Waals surface area contributed by atoms with Gasteiger partial charge in [-0.15, -0.1) is 0 Å². The maximum Gasteiger partial charge on any atom is 0.311 e. The minimum Gasteiger partial charge on any atom is -0.495 e. The standard InChI is InChI=1S/C14H17NO3S/c1-18-11-4-2-3-8-12(14(16)17)9-7-19-6-5-10(9)15-13(8)11/h2-4,9-10,12,15H,5-7H2,1H3,(H,16,17). The van der Waals surface area contributed by atoms with Crippen molar-refractivity contribution in [3.05, 3.63) is 23.8 Å². The second kappa shape index (κ2) is 4.96. The predicted octanol–water partition coefficient (Wildman–Crippen LogP) is 2.41. The number of nitrogens with one attached hydrogen (secondary N) is 1. The molecule has 0 saturated carbocycles. The van der Waals surface area contributed by atoms with Gasteiger partial charge in [0.1, 0.15) is 5.75 Å². The number of para-hydroxylation sites is 1. The molecule has 3 atom stereocenters. The maximum atomic E-state index is 11.7. The van der Waals surface area contributed by atoms with Crippen molar-refractivity contribution in [3.8, 4) is 5.75 Å². The SMILES string of the molecule is COc1cccc2c1NC1CCSCC1C2C(=O)O. The predicted molar refractivity (Wildman–Crippen MR) is 76.2 cm³/mol. The second-order valence-corrected chi connectivity index (χ2v) is 6.17. The molecule has 1 fully saturated rings. The Labute approximate surface area is 116 Å². The van der Waals surface area contributed by atoms with Crippen molar-refractivity contribution in [1.82, 2.24) is 0 Å². The van der Waals surface area contributed by atoms with Crippen molar-refractivity contribution < 1.29 is 14.6 Å². The molecule has 0 radical (unpaired) electrons. The molecule has 0 aliphatic carbocycles. The van der Waals surface area contributed by atoms with Gasteiger partial charge in [0, 0.05) is 12.0 Å². The van der Waals surface area contributed by atoms with Gasteiger partial charge in [0.15, 0.2) is 0 Å². The molecule has 5 heteroatoms. The van der Waals surface area contributed by atoms with E-state index in [-0.39, 0.29) is 12.0 Å². The molecule has 19 heavy (non-hydrogen) atoms. The zero-order valence-corrected chi connectivity index (χ0v) is 11.6. The third kappa shape index (κ3) is 2.06. The Kier molecular flexibility index (Phi) is 3.31. The van der Waals surface area contributed by atoms with E-state index in [1.165, 1.54) is 0 Å². The third-order valence-corrected chi connectivity index (χ3v) is 5.18. The molecular weight excluding hydrogens is 262 g/mol. The number of anilines is 1. The Morgan fingerprint density at radius 3 is 3.11 bits per heavy atom. The molecule has 0 aromatic heterocycles. The Hall–Kier alpha value is -1.36. The summed E-state index contributed by atoms with van der Waals surface area (Å²) >= 11 is 1.85. The highest BCUT2D eigenvalue weighted by atomic mass is 32.2. The number of hydrogen-bond acceptors (Lipinski definition) is 4. The van der Waals surface area contributed by atoms with Gasteiger partial charge in [0.25, 0.3) is 0 Å². The summed E-state index contributed by atoms with van der Waals surface area (Å²) in [6.45, 7) is 0. The Morgan fingerprint density at radius 2 is 2.37 bits per heavy atom. The number of hydrogen-bond donors (Lipinski definition) is 2. The Balaban J connectivity index is 2.09. The van der Waals surface area contributed by atoms with Crippen LogP contribution in [0.5, 0.6) is 5.75 Å². The number of methoxy groups -OCH3 is 1. The summed E-state index contributed by atoms with van der Waals surface area (Å²) in [7, 11) is 1.62. The molecule has 3 unspecified atom stereocenters. The molecule has 2 heterocycles. The zero-order chi connectivity index (χ0) is 13.4. The average molecular weight is 279 g/mol. The topological polar surface area (TPSA) is 58.6 Å². The summed E-state index contributed by atoms with van der Waals surface area (Å²) in [6, 6.07) is 5.89. The Bertz CT molecular complexity index is 505. The van der Waals surface area contributed by atoms with Gasteiger partial charge < -0.3 is 15.2 Å². The van der Waals surface area contributed by atoms with Crippen LogP contribution < -0.4 is 10.1 Å². The minimum absolute atomic E-state index is 0.163. The number of thioether (sulfide) groups is 1. The molecule has 1 saturated heterocycles. The van der Waals surface area contributed by atoms with E-state index < -0.39 is 11.9 Å². The number of fused-ring (bicyclic) bond motifs is 2. The molecule has 0 amide bonds. The van der Waals surface area contributed by atoms with Crippen molar-refractivity contribution >= 4 is 23.4 Å². The van der Waals surface area contributed by atoms with Crippen LogP contribution in [-0.4, -0.2) is 35.7 Å². The highest BCUT2D eigenvalue weighted by molar-refractivity contribution is 7.99. The van der Waals surface area contributed by atoms with Gasteiger partial charge in [-0.1, -0.05) is 12.1 Å². The average Bonchev–Trinajstić information content (AvgIpc) is 2.43. The summed E-state index contributed by atoms with van der Waals surface area (Å²) in [6.07, 6.45) is 1.01. The molecule has 4 nitrogen and oxygen atoms in total. The molecule has 3 rings (SSSR count). The fourth-order valence-corrected chi connectivity index (χ4v) is 4.42. The molecule has 1 aromatic rings. The first kappa shape index (κ1) is 12.7. The monoisotopic (exact) mass is 279 g/mol. The van der Waals surface area contributed by atoms with Crippen LogP contribution in [0.2, 0.25) is 0 Å². The van der Waals surface area contributed by atoms with E-state index in [2.05, 4.69) is 5.32 Å². The van der Waals surface area contributed by atoms with Crippen LogP contribution in [0.25, 0.3) is 0 Å². The van der Waals surface area contributed by atoms with Crippen LogP contribution in [0.15, 0.2) is 18.2 Å². The van der Waals surface area contributed by atoms with Gasteiger partial charge in [-0.2, -0.15) is 11.8 Å². The van der Waals surface area contributed by atoms with Crippen molar-refractivity contribution in [3.63, 3.8) is 0 Å². The first-order chi connectivity index (χ1) is 9.22. The largest absolute Gasteiger partial charge is 0.495 e. The zero-order valence-electron chi connectivity index (χ0n) is 10.8. The summed E-state index contributed by atoms with van der Waals surface area (Å²) in [5.74, 6) is 1.74. The van der Waals surface area contributed by atoms with Crippen LogP contribution >= 0.6 is 11.8 Å². The quantitative estimate of drug-likeness (QED) is 0.870. The van der Waals surface area contributed by atoms with Crippen LogP contribution in [0.3, 0.4) is 0 Å². The van der Waals surface area contributed by atoms with Crippen LogP contribution in [-0.2, 0) is 4.79 Å². The van der Waals surface area contributed by atoms with Crippen molar-refractivity contribution in [2.45, 2.75) is 18.4 Å². The van der Waals surface area contributed by atoms with Gasteiger partial charge in [0.05, 0.1) is 18.7 Å². The van der Waals surface area contributed by atoms with E-state index in [0.717, 1.165) is 34.9 Å². The highest BCUT2D eigenvalue weighted by Gasteiger charge is 2.42. The number of carbonyl (C=O) groups is 1. The lowest BCUT2D eigenvalue weighted by Crippen LogP contribution is -2.44. The lowest BCUT2D eigenvalue weighted by atomic mass is 9.77. The number of ether oxygens (including phenoxy) is 1. The summed E-state index contributed by atoms with van der Waals surface area (Å²) in [4.78, 5) is 11.7. The van der Waals surface area contributed by atoms with E-state index in [1.54, 1.807) is 7.11 Å². The van der Waals surface area contributed by atoms with Gasteiger partial charge in [-0.05, 0) is 29.6 Å². The van der Waals surface area contributed by atoms with E-state index in [9.17, 15) is 9.90 Å². The lowest BCUT2D eigenvalue weighted by molar-refractivity contribution is -0.140. The lowest BCUT2D eigenvalue weighted by Gasteiger charge is -2.41. The van der Waals surface area contributed by atoms with Crippen LogP contribution in [0.1, 0.15) is 17.9 Å². The third-order valence-electron chi connectivity index (χ3n) is 4.04. The van der Waals surface area contributed by atoms with Gasteiger partial charge >= 0.3 is 5.97 Å². The van der Waals surface area contributed by atoms with Crippen LogP contribution in [0, 0.1) is 5.92 Å². The fraction of sp³-hybridized carbons (Fsp3) is 0.500. The summed E-state index contributed by atoms with van der Waals surface area (Å²) in [5, 5.41) is 13.1. The van der Waals surface area contributed by atoms with E-state index in [4.69, 9.17) is 4.74 Å². The first-order valence-corrected chi connectivity index (χ1v) is 7.62. The minimum atomic E-state index is -0.728. The molecule has 2 N–H and O–H groups in total. The smallest absolute Gasteiger partial charge is 0.311 e. The molecule has 1 aromatic carbocycles. The number of benzene rings is 1. The molecule has 0 spiro atoms. The first-order valence-electron chi connectivity index (χ1n) is 6.46. The van der Waals surface area contributed by atoms with Gasteiger partial charge in [-0.3, -0.25) is 4.79 Å². The van der Waals surface area contributed by atoms with E-state index in [1.807, 2.05) is 30.0 Å². The van der Waals surface area contributed by atoms with Gasteiger partial charge in [-0.25, -0.2) is 0 Å². The molecule has 2 aliphatic rings. The summed E-state index contributed by atoms with van der Waals surface area (Å²) in [5.41, 5.74) is 1.72. The second-order valence-electron chi connectivity index (χ2n) is 5.02. The number of rotatable bonds is 2.